The molecule has 20 heavy (non-hydrogen) atoms. The van der Waals surface area contributed by atoms with Crippen molar-refractivity contribution in [1.82, 2.24) is 10.2 Å². The maximum Gasteiger partial charge on any atom is 0.241 e. The van der Waals surface area contributed by atoms with Gasteiger partial charge in [-0.2, -0.15) is 0 Å². The second-order valence-corrected chi connectivity index (χ2v) is 5.82. The molecule has 1 aromatic rings. The van der Waals surface area contributed by atoms with E-state index in [9.17, 15) is 4.79 Å². The first-order chi connectivity index (χ1) is 9.54. The van der Waals surface area contributed by atoms with Crippen molar-refractivity contribution < 1.29 is 4.79 Å². The largest absolute Gasteiger partial charge is 0.325 e. The number of benzene rings is 1. The Kier molecular flexibility index (Phi) is 5.15. The Morgan fingerprint density at radius 3 is 2.45 bits per heavy atom. The number of carbonyl (C=O) groups is 1. The molecule has 1 aliphatic rings. The molecule has 1 aliphatic heterocycles. The minimum Gasteiger partial charge on any atom is -0.325 e. The smallest absolute Gasteiger partial charge is 0.241 e. The molecule has 1 atom stereocenters. The molecular formula is C16H25N3O. The summed E-state index contributed by atoms with van der Waals surface area (Å²) in [6.07, 6.45) is 2.22. The van der Waals surface area contributed by atoms with E-state index in [1.165, 1.54) is 5.56 Å². The van der Waals surface area contributed by atoms with Crippen LogP contribution in [0.1, 0.15) is 25.3 Å². The van der Waals surface area contributed by atoms with Crippen LogP contribution in [0.25, 0.3) is 0 Å². The first-order valence-corrected chi connectivity index (χ1v) is 7.37. The Morgan fingerprint density at radius 1 is 1.25 bits per heavy atom. The second-order valence-electron chi connectivity index (χ2n) is 5.82. The van der Waals surface area contributed by atoms with E-state index in [1.807, 2.05) is 38.1 Å². The summed E-state index contributed by atoms with van der Waals surface area (Å²) in [5.41, 5.74) is 2.05. The van der Waals surface area contributed by atoms with E-state index >= 15 is 0 Å². The van der Waals surface area contributed by atoms with Crippen LogP contribution in [0.2, 0.25) is 0 Å². The van der Waals surface area contributed by atoms with Crippen molar-refractivity contribution in [2.75, 3.05) is 25.5 Å². The summed E-state index contributed by atoms with van der Waals surface area (Å²) < 4.78 is 0. The molecule has 0 aromatic heterocycles. The zero-order valence-corrected chi connectivity index (χ0v) is 12.6. The van der Waals surface area contributed by atoms with Crippen LogP contribution in [0.4, 0.5) is 5.69 Å². The van der Waals surface area contributed by atoms with Gasteiger partial charge in [-0.1, -0.05) is 17.7 Å². The minimum absolute atomic E-state index is 0.0350. The molecule has 1 amide bonds. The number of hydrogen-bond donors (Lipinski definition) is 2. The van der Waals surface area contributed by atoms with Gasteiger partial charge in [-0.3, -0.25) is 4.79 Å². The molecule has 1 unspecified atom stereocenters. The predicted molar refractivity (Wildman–Crippen MR) is 82.9 cm³/mol. The Balaban J connectivity index is 1.81. The fourth-order valence-electron chi connectivity index (χ4n) is 2.49. The molecule has 0 aliphatic carbocycles. The van der Waals surface area contributed by atoms with Gasteiger partial charge in [0.1, 0.15) is 0 Å². The van der Waals surface area contributed by atoms with E-state index in [1.54, 1.807) is 0 Å². The van der Waals surface area contributed by atoms with Crippen LogP contribution in [0.5, 0.6) is 0 Å². The van der Waals surface area contributed by atoms with Crippen LogP contribution >= 0.6 is 0 Å². The number of piperidine rings is 1. The maximum absolute atomic E-state index is 12.2. The van der Waals surface area contributed by atoms with Crippen molar-refractivity contribution in [3.05, 3.63) is 29.8 Å². The van der Waals surface area contributed by atoms with E-state index in [0.717, 1.165) is 31.6 Å². The molecule has 0 bridgehead atoms. The molecule has 2 rings (SSSR count). The van der Waals surface area contributed by atoms with E-state index in [0.29, 0.717) is 6.04 Å². The van der Waals surface area contributed by atoms with Gasteiger partial charge in [0, 0.05) is 11.7 Å². The molecule has 4 nitrogen and oxygen atoms in total. The van der Waals surface area contributed by atoms with Crippen molar-refractivity contribution in [2.45, 2.75) is 38.8 Å². The van der Waals surface area contributed by atoms with Crippen molar-refractivity contribution in [3.8, 4) is 0 Å². The van der Waals surface area contributed by atoms with Gasteiger partial charge in [-0.05, 0) is 59.0 Å². The van der Waals surface area contributed by atoms with Gasteiger partial charge in [0.25, 0.3) is 0 Å². The predicted octanol–water partition coefficient (Wildman–Crippen LogP) is 2.01. The molecule has 0 radical (unpaired) electrons. The molecule has 1 heterocycles. The van der Waals surface area contributed by atoms with E-state index in [2.05, 4.69) is 22.6 Å². The molecule has 2 N–H and O–H groups in total. The third-order valence-corrected chi connectivity index (χ3v) is 3.92. The minimum atomic E-state index is -0.162. The number of nitrogens with zero attached hydrogens (tertiary/aromatic N) is 1. The van der Waals surface area contributed by atoms with Crippen LogP contribution in [0.3, 0.4) is 0 Å². The molecule has 1 fully saturated rings. The number of anilines is 1. The monoisotopic (exact) mass is 275 g/mol. The third-order valence-electron chi connectivity index (χ3n) is 3.92. The number of amides is 1. The summed E-state index contributed by atoms with van der Waals surface area (Å²) in [5, 5.41) is 6.39. The van der Waals surface area contributed by atoms with Crippen molar-refractivity contribution in [1.29, 1.82) is 0 Å². The quantitative estimate of drug-likeness (QED) is 0.883. The highest BCUT2D eigenvalue weighted by atomic mass is 16.2. The van der Waals surface area contributed by atoms with Crippen LogP contribution in [0.15, 0.2) is 24.3 Å². The maximum atomic E-state index is 12.2. The van der Waals surface area contributed by atoms with Gasteiger partial charge in [0.15, 0.2) is 0 Å². The summed E-state index contributed by atoms with van der Waals surface area (Å²) in [4.78, 5) is 14.5. The zero-order chi connectivity index (χ0) is 14.5. The summed E-state index contributed by atoms with van der Waals surface area (Å²) in [6, 6.07) is 8.18. The summed E-state index contributed by atoms with van der Waals surface area (Å²) in [5.74, 6) is 0.0350. The number of likely N-dealkylation sites (tertiary alicyclic amines) is 1. The van der Waals surface area contributed by atoms with Gasteiger partial charge in [-0.25, -0.2) is 0 Å². The van der Waals surface area contributed by atoms with Gasteiger partial charge < -0.3 is 15.5 Å². The van der Waals surface area contributed by atoms with Gasteiger partial charge >= 0.3 is 0 Å². The average Bonchev–Trinajstić information content (AvgIpc) is 2.44. The summed E-state index contributed by atoms with van der Waals surface area (Å²) in [6.45, 7) is 6.17. The van der Waals surface area contributed by atoms with E-state index in [4.69, 9.17) is 0 Å². The number of nitrogens with one attached hydrogen (secondary N) is 2. The fraction of sp³-hybridized carbons (Fsp3) is 0.562. The average molecular weight is 275 g/mol. The van der Waals surface area contributed by atoms with Crippen molar-refractivity contribution >= 4 is 11.6 Å². The van der Waals surface area contributed by atoms with Crippen molar-refractivity contribution in [2.24, 2.45) is 0 Å². The van der Waals surface area contributed by atoms with E-state index in [-0.39, 0.29) is 11.9 Å². The lowest BCUT2D eigenvalue weighted by Crippen LogP contribution is -2.48. The third kappa shape index (κ3) is 4.32. The normalized spacial score (nSPS) is 18.8. The Hall–Kier alpha value is -1.39. The Morgan fingerprint density at radius 2 is 1.85 bits per heavy atom. The fourth-order valence-corrected chi connectivity index (χ4v) is 2.49. The lowest BCUT2D eigenvalue weighted by Gasteiger charge is -2.31. The highest BCUT2D eigenvalue weighted by Crippen LogP contribution is 2.11. The lowest BCUT2D eigenvalue weighted by atomic mass is 10.0. The van der Waals surface area contributed by atoms with Crippen LogP contribution in [-0.2, 0) is 4.79 Å². The Bertz CT molecular complexity index is 436. The van der Waals surface area contributed by atoms with Crippen LogP contribution in [-0.4, -0.2) is 43.0 Å². The molecule has 110 valence electrons. The molecular weight excluding hydrogens is 250 g/mol. The lowest BCUT2D eigenvalue weighted by molar-refractivity contribution is -0.118. The highest BCUT2D eigenvalue weighted by Gasteiger charge is 2.21. The van der Waals surface area contributed by atoms with Gasteiger partial charge in [-0.15, -0.1) is 0 Å². The number of aryl methyl sites for hydroxylation is 1. The molecule has 0 saturated carbocycles. The molecule has 0 spiro atoms. The van der Waals surface area contributed by atoms with Gasteiger partial charge in [0.05, 0.1) is 6.04 Å². The molecule has 1 aromatic carbocycles. The zero-order valence-electron chi connectivity index (χ0n) is 12.6. The summed E-state index contributed by atoms with van der Waals surface area (Å²) in [7, 11) is 2.14. The topological polar surface area (TPSA) is 44.4 Å². The number of rotatable bonds is 4. The Labute approximate surface area is 121 Å². The highest BCUT2D eigenvalue weighted by molar-refractivity contribution is 5.94. The van der Waals surface area contributed by atoms with Crippen LogP contribution < -0.4 is 10.6 Å². The van der Waals surface area contributed by atoms with Crippen molar-refractivity contribution in [3.63, 3.8) is 0 Å². The van der Waals surface area contributed by atoms with Gasteiger partial charge in [0.2, 0.25) is 5.91 Å². The molecule has 4 heteroatoms. The SMILES string of the molecule is Cc1ccc(NC(=O)C(C)NC2CCN(C)CC2)cc1. The molecule has 1 saturated heterocycles. The van der Waals surface area contributed by atoms with Crippen LogP contribution in [0, 0.1) is 6.92 Å². The number of carbonyl (C=O) groups excluding carboxylic acids is 1. The standard InChI is InChI=1S/C16H25N3O/c1-12-4-6-14(7-5-12)18-16(20)13(2)17-15-8-10-19(3)11-9-15/h4-7,13,15,17H,8-11H2,1-3H3,(H,18,20). The first kappa shape index (κ1) is 15.0. The summed E-state index contributed by atoms with van der Waals surface area (Å²) >= 11 is 0. The number of hydrogen-bond acceptors (Lipinski definition) is 3. The first-order valence-electron chi connectivity index (χ1n) is 7.37. The van der Waals surface area contributed by atoms with E-state index < -0.39 is 0 Å². The second kappa shape index (κ2) is 6.86.